The quantitative estimate of drug-likeness (QED) is 0.148. The van der Waals surface area contributed by atoms with Gasteiger partial charge in [0.15, 0.2) is 17.2 Å². The van der Waals surface area contributed by atoms with Gasteiger partial charge in [-0.25, -0.2) is 4.98 Å². The Balaban J connectivity index is 1.76. The summed E-state index contributed by atoms with van der Waals surface area (Å²) in [6.07, 6.45) is 5.77. The minimum absolute atomic E-state index is 0.0582. The van der Waals surface area contributed by atoms with E-state index in [9.17, 15) is 18.9 Å². The van der Waals surface area contributed by atoms with E-state index in [2.05, 4.69) is 20.0 Å². The van der Waals surface area contributed by atoms with Crippen LogP contribution >= 0.6 is 8.18 Å². The summed E-state index contributed by atoms with van der Waals surface area (Å²) >= 11 is 0. The Kier molecular flexibility index (Phi) is 12.0. The van der Waals surface area contributed by atoms with E-state index in [4.69, 9.17) is 25.5 Å². The number of esters is 2. The summed E-state index contributed by atoms with van der Waals surface area (Å²) in [6.45, 7) is 11.8. The predicted molar refractivity (Wildman–Crippen MR) is 163 cm³/mol. The molecule has 0 bridgehead atoms. The molecule has 3 rings (SSSR count). The van der Waals surface area contributed by atoms with Crippen LogP contribution in [0.2, 0.25) is 0 Å². The molecule has 0 spiro atoms. The number of ether oxygens (including phenoxy) is 2. The number of rotatable bonds is 17. The van der Waals surface area contributed by atoms with Crippen molar-refractivity contribution in [3.63, 3.8) is 0 Å². The number of anilines is 1. The molecule has 1 aliphatic rings. The van der Waals surface area contributed by atoms with Crippen LogP contribution in [-0.4, -0.2) is 63.4 Å². The molecule has 1 fully saturated rings. The van der Waals surface area contributed by atoms with Crippen LogP contribution in [0, 0.1) is 23.2 Å². The normalized spacial score (nSPS) is 19.3. The number of carbonyl (C=O) groups is 2. The van der Waals surface area contributed by atoms with Crippen molar-refractivity contribution in [2.24, 2.45) is 28.9 Å². The van der Waals surface area contributed by atoms with E-state index < -0.39 is 43.2 Å². The zero-order valence-corrected chi connectivity index (χ0v) is 26.7. The number of aromatic nitrogens is 4. The molecule has 2 heterocycles. The van der Waals surface area contributed by atoms with Crippen molar-refractivity contribution in [1.82, 2.24) is 24.6 Å². The molecule has 0 amide bonds. The Morgan fingerprint density at radius 2 is 1.88 bits per heavy atom. The van der Waals surface area contributed by atoms with Crippen LogP contribution in [0.5, 0.6) is 0 Å². The molecule has 6 N–H and O–H groups in total. The number of nitrogens with two attached hydrogens (primary N) is 2. The van der Waals surface area contributed by atoms with Gasteiger partial charge in [-0.3, -0.25) is 23.9 Å². The van der Waals surface area contributed by atoms with Gasteiger partial charge in [-0.2, -0.15) is 4.98 Å². The fraction of sp³-hybridized carbons (Fsp3) is 0.679. The van der Waals surface area contributed by atoms with E-state index in [1.165, 1.54) is 6.33 Å². The lowest BCUT2D eigenvalue weighted by atomic mass is 10.0. The van der Waals surface area contributed by atoms with Crippen LogP contribution in [-0.2, 0) is 28.2 Å². The highest BCUT2D eigenvalue weighted by Crippen LogP contribution is 2.54. The molecule has 238 valence electrons. The van der Waals surface area contributed by atoms with E-state index in [0.717, 1.165) is 18.4 Å². The van der Waals surface area contributed by atoms with Crippen molar-refractivity contribution >= 4 is 43.4 Å². The second-order valence-corrected chi connectivity index (χ2v) is 12.9. The fourth-order valence-electron chi connectivity index (χ4n) is 4.46. The van der Waals surface area contributed by atoms with Crippen molar-refractivity contribution in [3.8, 4) is 0 Å². The minimum Gasteiger partial charge on any atom is -0.464 e. The maximum absolute atomic E-state index is 13.1. The van der Waals surface area contributed by atoms with Gasteiger partial charge in [0.2, 0.25) is 5.95 Å². The summed E-state index contributed by atoms with van der Waals surface area (Å²) in [5.74, 6) is -0.818. The number of imidazole rings is 1. The van der Waals surface area contributed by atoms with Gasteiger partial charge in [-0.1, -0.05) is 59.5 Å². The topological polar surface area (TPSA) is 207 Å². The first kappa shape index (κ1) is 34.3. The number of nitrogen functional groups attached to an aromatic ring is 1. The number of hydrogen-bond acceptors (Lipinski definition) is 11. The lowest BCUT2D eigenvalue weighted by Crippen LogP contribution is -2.38. The number of fused-ring (bicyclic) bond motifs is 1. The third-order valence-electron chi connectivity index (χ3n) is 7.64. The van der Waals surface area contributed by atoms with Gasteiger partial charge in [0.05, 0.1) is 12.0 Å². The summed E-state index contributed by atoms with van der Waals surface area (Å²) in [6, 6.07) is -1.61. The number of carbonyl (C=O) groups excluding carboxylic acids is 2. The van der Waals surface area contributed by atoms with Gasteiger partial charge in [-0.15, -0.1) is 4.52 Å². The summed E-state index contributed by atoms with van der Waals surface area (Å²) in [5, 5.41) is 2.79. The zero-order chi connectivity index (χ0) is 31.9. The van der Waals surface area contributed by atoms with Crippen LogP contribution in [0.4, 0.5) is 5.95 Å². The molecule has 43 heavy (non-hydrogen) atoms. The molecule has 2 aromatic rings. The van der Waals surface area contributed by atoms with Crippen molar-refractivity contribution in [3.05, 3.63) is 22.3 Å². The summed E-state index contributed by atoms with van der Waals surface area (Å²) < 4.78 is 31.4. The average Bonchev–Trinajstić information content (AvgIpc) is 3.48. The average molecular weight is 623 g/mol. The van der Waals surface area contributed by atoms with Gasteiger partial charge < -0.3 is 20.9 Å². The molecule has 0 saturated heterocycles. The van der Waals surface area contributed by atoms with Crippen LogP contribution in [0.25, 0.3) is 17.4 Å². The lowest BCUT2D eigenvalue weighted by molar-refractivity contribution is -0.149. The van der Waals surface area contributed by atoms with Gasteiger partial charge >= 0.3 is 20.1 Å². The molecule has 0 aliphatic heterocycles. The van der Waals surface area contributed by atoms with E-state index >= 15 is 0 Å². The Morgan fingerprint density at radius 3 is 2.51 bits per heavy atom. The monoisotopic (exact) mass is 622 g/mol. The van der Waals surface area contributed by atoms with E-state index in [1.807, 2.05) is 41.5 Å². The van der Waals surface area contributed by atoms with Gasteiger partial charge in [-0.05, 0) is 40.7 Å². The third kappa shape index (κ3) is 9.15. The Labute approximate surface area is 252 Å². The molecule has 15 heteroatoms. The van der Waals surface area contributed by atoms with Gasteiger partial charge in [0.1, 0.15) is 25.6 Å². The highest BCUT2D eigenvalue weighted by Gasteiger charge is 2.53. The van der Waals surface area contributed by atoms with Crippen LogP contribution in [0.15, 0.2) is 16.7 Å². The molecule has 2 unspecified atom stereocenters. The maximum atomic E-state index is 13.1. The van der Waals surface area contributed by atoms with Crippen LogP contribution < -0.4 is 22.1 Å². The van der Waals surface area contributed by atoms with Crippen molar-refractivity contribution < 1.29 is 28.2 Å². The standard InChI is InChI=1S/C28H44N7O7P/c1-7-18(8-2)12-40-25(37)20(9-16(3)4)34-43(39)42-14-28(13-41-26(38)21(29)17(5)6)10-19(28)11-35-15-31-22-23(35)32-27(30)33-24(22)36/h11,15-18,20-21H,7-10,12-14,29H2,1-6H3,(H3-,30,32,33,34,36,39)/p+1/b19-11-/t20-,21-,28?/m0/s1. The number of hydrogen-bond donors (Lipinski definition) is 4. The fourth-order valence-corrected chi connectivity index (χ4v) is 5.36. The molecular formula is C28H45N7O7P+. The smallest absolute Gasteiger partial charge is 0.464 e. The summed E-state index contributed by atoms with van der Waals surface area (Å²) in [4.78, 5) is 48.3. The Bertz CT molecular complexity index is 1390. The van der Waals surface area contributed by atoms with Crippen molar-refractivity contribution in [1.29, 1.82) is 0 Å². The van der Waals surface area contributed by atoms with Gasteiger partial charge in [0.25, 0.3) is 5.56 Å². The largest absolute Gasteiger partial charge is 0.613 e. The highest BCUT2D eigenvalue weighted by molar-refractivity contribution is 7.36. The van der Waals surface area contributed by atoms with Gasteiger partial charge in [0, 0.05) is 6.20 Å². The zero-order valence-electron chi connectivity index (χ0n) is 25.8. The molecule has 1 saturated carbocycles. The Morgan fingerprint density at radius 1 is 1.19 bits per heavy atom. The minimum atomic E-state index is -2.48. The molecule has 0 aromatic carbocycles. The summed E-state index contributed by atoms with van der Waals surface area (Å²) in [5.41, 5.74) is 11.5. The van der Waals surface area contributed by atoms with E-state index in [1.54, 1.807) is 10.8 Å². The first-order valence-electron chi connectivity index (χ1n) is 14.7. The highest BCUT2D eigenvalue weighted by atomic mass is 31.1. The number of H-pyrrole nitrogens is 1. The molecule has 14 nitrogen and oxygen atoms in total. The lowest BCUT2D eigenvalue weighted by Gasteiger charge is -2.18. The molecule has 2 aromatic heterocycles. The SMILES string of the molecule is CCC(CC)COC(=O)[C@H](CC(C)C)N[P+](=O)OCC1(COC(=O)[C@@H](N)C(C)C)C/C1=C/n1cnc2c(=O)[nH]c(N)nc21. The Hall–Kier alpha value is -3.19. The predicted octanol–water partition coefficient (Wildman–Crippen LogP) is 3.12. The van der Waals surface area contributed by atoms with E-state index in [-0.39, 0.29) is 48.1 Å². The molecule has 1 aliphatic carbocycles. The number of aromatic amines is 1. The molecule has 4 atom stereocenters. The summed E-state index contributed by atoms with van der Waals surface area (Å²) in [7, 11) is -2.48. The van der Waals surface area contributed by atoms with Crippen LogP contribution in [0.1, 0.15) is 67.2 Å². The number of nitrogens with one attached hydrogen (secondary N) is 2. The second-order valence-electron chi connectivity index (χ2n) is 11.9. The first-order valence-corrected chi connectivity index (χ1v) is 15.9. The van der Waals surface area contributed by atoms with Crippen molar-refractivity contribution in [2.45, 2.75) is 79.3 Å². The van der Waals surface area contributed by atoms with E-state index in [0.29, 0.717) is 19.4 Å². The number of nitrogens with zero attached hydrogens (tertiary/aromatic N) is 3. The molecule has 0 radical (unpaired) electrons. The third-order valence-corrected chi connectivity index (χ3v) is 8.52. The second kappa shape index (κ2) is 15.0. The van der Waals surface area contributed by atoms with Crippen molar-refractivity contribution in [2.75, 3.05) is 25.6 Å². The first-order chi connectivity index (χ1) is 20.3. The van der Waals surface area contributed by atoms with Crippen LogP contribution in [0.3, 0.4) is 0 Å². The molecular weight excluding hydrogens is 577 g/mol. The maximum Gasteiger partial charge on any atom is 0.613 e.